The van der Waals surface area contributed by atoms with Crippen molar-refractivity contribution in [3.8, 4) is 11.5 Å². The van der Waals surface area contributed by atoms with Gasteiger partial charge in [-0.2, -0.15) is 0 Å². The highest BCUT2D eigenvalue weighted by Crippen LogP contribution is 2.26. The topological polar surface area (TPSA) is 124 Å². The summed E-state index contributed by atoms with van der Waals surface area (Å²) in [4.78, 5) is 39.0. The number of nitrogens with one attached hydrogen (secondary N) is 1. The number of hydrogen-bond donors (Lipinski definition) is 2. The molecular formula is C30H34N2O8. The molecular weight excluding hydrogens is 516 g/mol. The Bertz CT molecular complexity index is 1250. The number of esters is 1. The van der Waals surface area contributed by atoms with Gasteiger partial charge in [0.15, 0.2) is 6.04 Å². The molecule has 0 aliphatic carbocycles. The fraction of sp³-hybridized carbons (Fsp3) is 0.300. The number of carbonyl (C=O) groups is 3. The molecule has 0 saturated carbocycles. The van der Waals surface area contributed by atoms with E-state index >= 15 is 0 Å². The molecule has 0 heterocycles. The number of carboxylic acids is 1. The molecule has 0 spiro atoms. The quantitative estimate of drug-likeness (QED) is 0.226. The maximum atomic E-state index is 13.5. The minimum absolute atomic E-state index is 0.0608. The number of nitrogens with zero attached hydrogens (tertiary/aromatic N) is 1. The van der Waals surface area contributed by atoms with Gasteiger partial charge in [-0.3, -0.25) is 4.79 Å². The fourth-order valence-corrected chi connectivity index (χ4v) is 4.01. The average molecular weight is 551 g/mol. The van der Waals surface area contributed by atoms with E-state index < -0.39 is 30.1 Å². The second kappa shape index (κ2) is 15.1. The minimum atomic E-state index is -1.33. The Hall–Kier alpha value is -4.57. The van der Waals surface area contributed by atoms with Crippen molar-refractivity contribution in [1.82, 2.24) is 10.4 Å². The van der Waals surface area contributed by atoms with Crippen LogP contribution in [-0.4, -0.2) is 61.1 Å². The van der Waals surface area contributed by atoms with Crippen LogP contribution in [0.1, 0.15) is 23.6 Å². The summed E-state index contributed by atoms with van der Waals surface area (Å²) in [6.07, 6.45) is -0.942. The lowest BCUT2D eigenvalue weighted by Gasteiger charge is -2.32. The van der Waals surface area contributed by atoms with Crippen molar-refractivity contribution in [3.05, 3.63) is 95.6 Å². The monoisotopic (exact) mass is 550 g/mol. The molecule has 40 heavy (non-hydrogen) atoms. The van der Waals surface area contributed by atoms with Crippen LogP contribution in [-0.2, 0) is 38.5 Å². The first-order chi connectivity index (χ1) is 19.4. The number of ether oxygens (including phenoxy) is 4. The minimum Gasteiger partial charge on any atom is -0.497 e. The van der Waals surface area contributed by atoms with Gasteiger partial charge in [0.2, 0.25) is 0 Å². The standard InChI is InChI=1S/C30H34N2O8/c1-4-39-29(35)26(17-21-11-7-5-8-12-21)32(30(36)40-20-22-13-9-6-10-14-22)31-25(28(33)34)18-23-15-16-24(37-2)19-27(23)38-3/h5-16,19,25-26,31H,4,17-18,20H2,1-3H3,(H,33,34)/t25-,26-/m0/s1. The first-order valence-corrected chi connectivity index (χ1v) is 12.8. The van der Waals surface area contributed by atoms with Crippen LogP contribution in [0.4, 0.5) is 4.79 Å². The number of methoxy groups -OCH3 is 2. The molecule has 3 aromatic rings. The maximum absolute atomic E-state index is 13.5. The number of carboxylic acid groups (broad SMARTS) is 1. The molecule has 0 radical (unpaired) electrons. The van der Waals surface area contributed by atoms with Crippen LogP contribution in [0, 0.1) is 0 Å². The summed E-state index contributed by atoms with van der Waals surface area (Å²) in [5, 5.41) is 11.0. The van der Waals surface area contributed by atoms with Gasteiger partial charge in [-0.15, -0.1) is 0 Å². The van der Waals surface area contributed by atoms with E-state index in [9.17, 15) is 19.5 Å². The molecule has 0 aromatic heterocycles. The van der Waals surface area contributed by atoms with Crippen molar-refractivity contribution < 1.29 is 38.4 Å². The van der Waals surface area contributed by atoms with Gasteiger partial charge in [-0.05, 0) is 29.7 Å². The van der Waals surface area contributed by atoms with Gasteiger partial charge in [-0.25, -0.2) is 20.0 Å². The smallest absolute Gasteiger partial charge is 0.425 e. The second-order valence-electron chi connectivity index (χ2n) is 8.77. The first kappa shape index (κ1) is 30.0. The molecule has 0 aliphatic heterocycles. The van der Waals surface area contributed by atoms with Crippen LogP contribution in [0.5, 0.6) is 11.5 Å². The Kier molecular flexibility index (Phi) is 11.3. The Balaban J connectivity index is 1.95. The SMILES string of the molecule is CCOC(=O)[C@H](Cc1ccccc1)N(N[C@@H](Cc1ccc(OC)cc1OC)C(=O)O)C(=O)OCc1ccccc1. The Labute approximate surface area is 233 Å². The number of aliphatic carboxylic acids is 1. The van der Waals surface area contributed by atoms with E-state index in [1.165, 1.54) is 14.2 Å². The van der Waals surface area contributed by atoms with Crippen LogP contribution in [0.15, 0.2) is 78.9 Å². The molecule has 2 N–H and O–H groups in total. The van der Waals surface area contributed by atoms with E-state index in [1.54, 1.807) is 73.7 Å². The van der Waals surface area contributed by atoms with Crippen molar-refractivity contribution in [2.45, 2.75) is 38.5 Å². The third-order valence-corrected chi connectivity index (χ3v) is 6.06. The van der Waals surface area contributed by atoms with E-state index in [0.717, 1.165) is 16.1 Å². The van der Waals surface area contributed by atoms with E-state index in [-0.39, 0.29) is 26.1 Å². The van der Waals surface area contributed by atoms with E-state index in [1.807, 2.05) is 12.1 Å². The van der Waals surface area contributed by atoms with Gasteiger partial charge in [0.1, 0.15) is 24.1 Å². The maximum Gasteiger partial charge on any atom is 0.425 e. The Morgan fingerprint density at radius 2 is 1.50 bits per heavy atom. The van der Waals surface area contributed by atoms with Crippen molar-refractivity contribution in [1.29, 1.82) is 0 Å². The average Bonchev–Trinajstić information content (AvgIpc) is 2.98. The summed E-state index contributed by atoms with van der Waals surface area (Å²) in [5.74, 6) is -1.00. The number of benzene rings is 3. The normalized spacial score (nSPS) is 12.1. The first-order valence-electron chi connectivity index (χ1n) is 12.8. The lowest BCUT2D eigenvalue weighted by Crippen LogP contribution is -2.59. The van der Waals surface area contributed by atoms with Crippen molar-refractivity contribution in [2.24, 2.45) is 0 Å². The number of amides is 1. The third kappa shape index (κ3) is 8.47. The van der Waals surface area contributed by atoms with Crippen molar-refractivity contribution in [2.75, 3.05) is 20.8 Å². The fourth-order valence-electron chi connectivity index (χ4n) is 4.01. The predicted molar refractivity (Wildman–Crippen MR) is 147 cm³/mol. The molecule has 0 saturated heterocycles. The molecule has 0 aliphatic rings. The summed E-state index contributed by atoms with van der Waals surface area (Å²) >= 11 is 0. The Morgan fingerprint density at radius 1 is 0.850 bits per heavy atom. The number of carbonyl (C=O) groups excluding carboxylic acids is 2. The third-order valence-electron chi connectivity index (χ3n) is 6.06. The molecule has 10 nitrogen and oxygen atoms in total. The van der Waals surface area contributed by atoms with Gasteiger partial charge < -0.3 is 24.1 Å². The number of hydrogen-bond acceptors (Lipinski definition) is 8. The summed E-state index contributed by atoms with van der Waals surface area (Å²) in [5.41, 5.74) is 4.77. The van der Waals surface area contributed by atoms with Gasteiger partial charge in [0.05, 0.1) is 20.8 Å². The molecule has 10 heteroatoms. The van der Waals surface area contributed by atoms with Gasteiger partial charge in [0.25, 0.3) is 0 Å². The molecule has 0 bridgehead atoms. The molecule has 1 amide bonds. The largest absolute Gasteiger partial charge is 0.497 e. The summed E-state index contributed by atoms with van der Waals surface area (Å²) in [6.45, 7) is 1.64. The van der Waals surface area contributed by atoms with Crippen LogP contribution >= 0.6 is 0 Å². The predicted octanol–water partition coefficient (Wildman–Crippen LogP) is 4.02. The zero-order valence-electron chi connectivity index (χ0n) is 22.7. The van der Waals surface area contributed by atoms with E-state index in [2.05, 4.69) is 5.43 Å². The molecule has 212 valence electrons. The molecule has 0 fully saturated rings. The van der Waals surface area contributed by atoms with E-state index in [4.69, 9.17) is 18.9 Å². The van der Waals surface area contributed by atoms with Crippen LogP contribution < -0.4 is 14.9 Å². The van der Waals surface area contributed by atoms with Crippen molar-refractivity contribution >= 4 is 18.0 Å². The van der Waals surface area contributed by atoms with Crippen LogP contribution in [0.25, 0.3) is 0 Å². The lowest BCUT2D eigenvalue weighted by molar-refractivity contribution is -0.152. The number of hydrazine groups is 1. The highest BCUT2D eigenvalue weighted by molar-refractivity contribution is 5.82. The Morgan fingerprint density at radius 3 is 2.08 bits per heavy atom. The van der Waals surface area contributed by atoms with Gasteiger partial charge >= 0.3 is 18.0 Å². The zero-order chi connectivity index (χ0) is 28.9. The molecule has 0 unspecified atom stereocenters. The zero-order valence-corrected chi connectivity index (χ0v) is 22.7. The summed E-state index contributed by atoms with van der Waals surface area (Å²) < 4.78 is 21.5. The highest BCUT2D eigenvalue weighted by atomic mass is 16.6. The molecule has 3 aromatic carbocycles. The molecule has 3 rings (SSSR count). The highest BCUT2D eigenvalue weighted by Gasteiger charge is 2.36. The van der Waals surface area contributed by atoms with Crippen LogP contribution in [0.2, 0.25) is 0 Å². The van der Waals surface area contributed by atoms with Crippen LogP contribution in [0.3, 0.4) is 0 Å². The second-order valence-corrected chi connectivity index (χ2v) is 8.77. The van der Waals surface area contributed by atoms with Gasteiger partial charge in [-0.1, -0.05) is 66.7 Å². The van der Waals surface area contributed by atoms with Crippen molar-refractivity contribution in [3.63, 3.8) is 0 Å². The summed E-state index contributed by atoms with van der Waals surface area (Å²) in [6, 6.07) is 20.5. The summed E-state index contributed by atoms with van der Waals surface area (Å²) in [7, 11) is 2.97. The van der Waals surface area contributed by atoms with Gasteiger partial charge in [0, 0.05) is 18.9 Å². The number of rotatable bonds is 14. The van der Waals surface area contributed by atoms with E-state index in [0.29, 0.717) is 17.1 Å². The molecule has 2 atom stereocenters. The lowest BCUT2D eigenvalue weighted by atomic mass is 10.0.